The number of hydrogen-bond donors (Lipinski definition) is 4. The van der Waals surface area contributed by atoms with Gasteiger partial charge in [0.25, 0.3) is 0 Å². The van der Waals surface area contributed by atoms with Crippen molar-refractivity contribution in [2.24, 2.45) is 0 Å². The third kappa shape index (κ3) is 4.54. The lowest BCUT2D eigenvalue weighted by Gasteiger charge is -2.19. The molecule has 0 bridgehead atoms. The summed E-state index contributed by atoms with van der Waals surface area (Å²) in [5.74, 6) is 0. The summed E-state index contributed by atoms with van der Waals surface area (Å²) in [5.41, 5.74) is 9.61. The minimum Gasteiger partial charge on any atom is -0.381 e. The van der Waals surface area contributed by atoms with E-state index >= 15 is 0 Å². The van der Waals surface area contributed by atoms with Crippen molar-refractivity contribution in [3.8, 4) is 0 Å². The summed E-state index contributed by atoms with van der Waals surface area (Å²) in [4.78, 5) is 0. The molecule has 5 rings (SSSR count). The zero-order chi connectivity index (χ0) is 21.6. The van der Waals surface area contributed by atoms with Crippen LogP contribution < -0.4 is 21.3 Å². The number of fused-ring (bicyclic) bond motifs is 4. The highest BCUT2D eigenvalue weighted by Gasteiger charge is 2.09. The van der Waals surface area contributed by atoms with Crippen molar-refractivity contribution in [3.05, 3.63) is 119 Å². The monoisotopic (exact) mass is 420 g/mol. The number of benzene rings is 4. The molecule has 4 N–H and O–H groups in total. The fourth-order valence-electron chi connectivity index (χ4n) is 4.15. The largest absolute Gasteiger partial charge is 0.381 e. The minimum absolute atomic E-state index is 0.761. The summed E-state index contributed by atoms with van der Waals surface area (Å²) in [6, 6.07) is 34.1. The van der Waals surface area contributed by atoms with Gasteiger partial charge in [-0.05, 0) is 46.5 Å². The van der Waals surface area contributed by atoms with Crippen LogP contribution in [0.2, 0.25) is 0 Å². The summed E-state index contributed by atoms with van der Waals surface area (Å²) >= 11 is 0. The van der Waals surface area contributed by atoms with E-state index in [1.807, 2.05) is 0 Å². The maximum Gasteiger partial charge on any atom is 0.0421 e. The van der Waals surface area contributed by atoms with Crippen LogP contribution in [-0.2, 0) is 26.2 Å². The van der Waals surface area contributed by atoms with Gasteiger partial charge >= 0.3 is 0 Å². The van der Waals surface area contributed by atoms with E-state index in [-0.39, 0.29) is 0 Å². The van der Waals surface area contributed by atoms with Crippen molar-refractivity contribution in [2.45, 2.75) is 26.2 Å². The molecule has 0 fully saturated rings. The Labute approximate surface area is 189 Å². The van der Waals surface area contributed by atoms with E-state index in [4.69, 9.17) is 0 Å². The topological polar surface area (TPSA) is 48.1 Å². The fraction of sp³-hybridized carbons (Fsp3) is 0.143. The lowest BCUT2D eigenvalue weighted by molar-refractivity contribution is 1.05. The van der Waals surface area contributed by atoms with Crippen molar-refractivity contribution in [1.29, 1.82) is 0 Å². The fourth-order valence-corrected chi connectivity index (χ4v) is 4.15. The SMILES string of the molecule is c1ccc2c(c1)CNc1ccccc1CNc1ccccc1CNc1ccccc1CN2. The molecule has 0 saturated carbocycles. The van der Waals surface area contributed by atoms with Gasteiger partial charge in [0.05, 0.1) is 0 Å². The minimum atomic E-state index is 0.761. The molecule has 1 aliphatic rings. The molecule has 0 unspecified atom stereocenters. The molecule has 0 radical (unpaired) electrons. The second-order valence-electron chi connectivity index (χ2n) is 8.04. The van der Waals surface area contributed by atoms with E-state index in [9.17, 15) is 0 Å². The second kappa shape index (κ2) is 9.48. The molecule has 4 aromatic rings. The number of hydrogen-bond acceptors (Lipinski definition) is 4. The Morgan fingerprint density at radius 3 is 0.781 bits per heavy atom. The van der Waals surface area contributed by atoms with Gasteiger partial charge in [-0.2, -0.15) is 0 Å². The van der Waals surface area contributed by atoms with Crippen LogP contribution in [0.3, 0.4) is 0 Å². The number of para-hydroxylation sites is 4. The Balaban J connectivity index is 1.50. The van der Waals surface area contributed by atoms with E-state index < -0.39 is 0 Å². The Morgan fingerprint density at radius 1 is 0.312 bits per heavy atom. The molecule has 4 nitrogen and oxygen atoms in total. The van der Waals surface area contributed by atoms with Crippen molar-refractivity contribution in [1.82, 2.24) is 0 Å². The van der Waals surface area contributed by atoms with E-state index in [0.29, 0.717) is 0 Å². The second-order valence-corrected chi connectivity index (χ2v) is 8.04. The Kier molecular flexibility index (Phi) is 5.93. The normalized spacial score (nSPS) is 13.5. The van der Waals surface area contributed by atoms with Gasteiger partial charge in [-0.25, -0.2) is 0 Å². The quantitative estimate of drug-likeness (QED) is 0.264. The third-order valence-corrected chi connectivity index (χ3v) is 5.95. The highest BCUT2D eigenvalue weighted by atomic mass is 14.9. The van der Waals surface area contributed by atoms with Crippen LogP contribution in [-0.4, -0.2) is 0 Å². The average molecular weight is 421 g/mol. The molecular formula is C28H28N4. The summed E-state index contributed by atoms with van der Waals surface area (Å²) in [6.45, 7) is 3.04. The molecule has 160 valence electrons. The van der Waals surface area contributed by atoms with E-state index in [0.717, 1.165) is 48.9 Å². The van der Waals surface area contributed by atoms with Gasteiger partial charge in [0, 0.05) is 48.9 Å². The lowest BCUT2D eigenvalue weighted by Crippen LogP contribution is -2.12. The summed E-state index contributed by atoms with van der Waals surface area (Å²) in [6.07, 6.45) is 0. The Hall–Kier alpha value is -3.92. The number of rotatable bonds is 0. The lowest BCUT2D eigenvalue weighted by atomic mass is 10.1. The Morgan fingerprint density at radius 2 is 0.531 bits per heavy atom. The van der Waals surface area contributed by atoms with E-state index in [2.05, 4.69) is 118 Å². The zero-order valence-corrected chi connectivity index (χ0v) is 18.1. The molecule has 0 spiro atoms. The maximum atomic E-state index is 3.65. The van der Waals surface area contributed by atoms with Crippen molar-refractivity contribution in [3.63, 3.8) is 0 Å². The summed E-state index contributed by atoms with van der Waals surface area (Å²) in [5, 5.41) is 14.6. The third-order valence-electron chi connectivity index (χ3n) is 5.95. The molecule has 1 heterocycles. The van der Waals surface area contributed by atoms with Crippen LogP contribution in [0.1, 0.15) is 22.3 Å². The molecule has 0 aliphatic carbocycles. The van der Waals surface area contributed by atoms with Gasteiger partial charge in [0.1, 0.15) is 0 Å². The standard InChI is InChI=1S/C28H28N4/c1-5-13-25-21(9-1)17-29-26-14-6-2-11-23(26)19-31-28-16-8-4-12-24(28)20-32-27-15-7-3-10-22(27)18-30-25/h1-16,29-32H,17-20H2. The van der Waals surface area contributed by atoms with Gasteiger partial charge in [0.15, 0.2) is 0 Å². The van der Waals surface area contributed by atoms with Crippen LogP contribution in [0.15, 0.2) is 97.1 Å². The van der Waals surface area contributed by atoms with Gasteiger partial charge in [-0.1, -0.05) is 72.8 Å². The first-order valence-corrected chi connectivity index (χ1v) is 11.1. The smallest absolute Gasteiger partial charge is 0.0421 e. The van der Waals surface area contributed by atoms with Crippen molar-refractivity contribution >= 4 is 22.7 Å². The highest BCUT2D eigenvalue weighted by Crippen LogP contribution is 2.25. The van der Waals surface area contributed by atoms with Crippen LogP contribution >= 0.6 is 0 Å². The first-order chi connectivity index (χ1) is 15.9. The first-order valence-electron chi connectivity index (χ1n) is 11.1. The summed E-state index contributed by atoms with van der Waals surface area (Å²) in [7, 11) is 0. The molecular weight excluding hydrogens is 392 g/mol. The zero-order valence-electron chi connectivity index (χ0n) is 18.1. The van der Waals surface area contributed by atoms with Gasteiger partial charge in [-0.3, -0.25) is 0 Å². The number of anilines is 4. The first kappa shape index (κ1) is 20.0. The highest BCUT2D eigenvalue weighted by molar-refractivity contribution is 5.60. The van der Waals surface area contributed by atoms with Crippen LogP contribution in [0, 0.1) is 0 Å². The molecule has 32 heavy (non-hydrogen) atoms. The Bertz CT molecular complexity index is 919. The van der Waals surface area contributed by atoms with Crippen LogP contribution in [0.4, 0.5) is 22.7 Å². The molecule has 0 saturated heterocycles. The molecule has 4 heteroatoms. The molecule has 0 amide bonds. The predicted molar refractivity (Wildman–Crippen MR) is 135 cm³/mol. The van der Waals surface area contributed by atoms with Crippen LogP contribution in [0.25, 0.3) is 0 Å². The summed E-state index contributed by atoms with van der Waals surface area (Å²) < 4.78 is 0. The van der Waals surface area contributed by atoms with Gasteiger partial charge in [0.2, 0.25) is 0 Å². The average Bonchev–Trinajstić information content (AvgIpc) is 2.85. The molecule has 1 aliphatic heterocycles. The van der Waals surface area contributed by atoms with E-state index in [1.54, 1.807) is 0 Å². The van der Waals surface area contributed by atoms with Crippen LogP contribution in [0.5, 0.6) is 0 Å². The molecule has 0 atom stereocenters. The van der Waals surface area contributed by atoms with Crippen molar-refractivity contribution in [2.75, 3.05) is 21.3 Å². The van der Waals surface area contributed by atoms with E-state index in [1.165, 1.54) is 22.3 Å². The number of nitrogens with one attached hydrogen (secondary N) is 4. The van der Waals surface area contributed by atoms with Crippen molar-refractivity contribution < 1.29 is 0 Å². The van der Waals surface area contributed by atoms with Gasteiger partial charge < -0.3 is 21.3 Å². The molecule has 4 aromatic carbocycles. The van der Waals surface area contributed by atoms with Gasteiger partial charge in [-0.15, -0.1) is 0 Å². The predicted octanol–water partition coefficient (Wildman–Crippen LogP) is 6.45. The molecule has 0 aromatic heterocycles. The maximum absolute atomic E-state index is 3.65.